The minimum atomic E-state index is -3.00. The summed E-state index contributed by atoms with van der Waals surface area (Å²) in [6.45, 7) is 2.06. The molecule has 1 aliphatic rings. The second-order valence-electron chi connectivity index (χ2n) is 6.07. The van der Waals surface area contributed by atoms with Crippen molar-refractivity contribution in [2.45, 2.75) is 32.2 Å². The summed E-state index contributed by atoms with van der Waals surface area (Å²) in [7, 11) is -3.00. The van der Waals surface area contributed by atoms with E-state index in [1.54, 1.807) is 16.9 Å². The minimum absolute atomic E-state index is 0.0796. The van der Waals surface area contributed by atoms with Gasteiger partial charge in [-0.05, 0) is 24.0 Å². The van der Waals surface area contributed by atoms with E-state index in [1.807, 2.05) is 24.3 Å². The number of rotatable bonds is 5. The molecule has 0 unspecified atom stereocenters. The van der Waals surface area contributed by atoms with Crippen LogP contribution in [0.5, 0.6) is 0 Å². The fourth-order valence-corrected chi connectivity index (χ4v) is 4.80. The molecule has 1 aromatic heterocycles. The van der Waals surface area contributed by atoms with Crippen molar-refractivity contribution in [3.63, 3.8) is 0 Å². The van der Waals surface area contributed by atoms with Gasteiger partial charge in [0.25, 0.3) is 0 Å². The maximum absolute atomic E-state index is 12.4. The Morgan fingerprint density at radius 1 is 1.29 bits per heavy atom. The maximum Gasteiger partial charge on any atom is 0.229 e. The first-order valence-electron chi connectivity index (χ1n) is 8.09. The molecular weight excluding hydrogens is 326 g/mol. The Labute approximate surface area is 141 Å². The quantitative estimate of drug-likeness (QED) is 0.897. The van der Waals surface area contributed by atoms with E-state index < -0.39 is 9.84 Å². The number of carbonyl (C=O) groups is 1. The van der Waals surface area contributed by atoms with Crippen molar-refractivity contribution < 1.29 is 13.2 Å². The number of aryl methyl sites for hydroxylation is 1. The van der Waals surface area contributed by atoms with Crippen molar-refractivity contribution in [3.8, 4) is 0 Å². The Bertz CT molecular complexity index is 842. The zero-order valence-electron chi connectivity index (χ0n) is 13.6. The molecule has 0 aliphatic carbocycles. The Kier molecular flexibility index (Phi) is 4.71. The number of nitrogens with one attached hydrogen (secondary N) is 1. The molecule has 2 heterocycles. The molecule has 0 spiro atoms. The molecule has 1 amide bonds. The van der Waals surface area contributed by atoms with Crippen LogP contribution in [0.15, 0.2) is 36.5 Å². The van der Waals surface area contributed by atoms with Crippen molar-refractivity contribution in [2.24, 2.45) is 0 Å². The topological polar surface area (TPSA) is 81.1 Å². The van der Waals surface area contributed by atoms with Gasteiger partial charge in [0.1, 0.15) is 5.82 Å². The first-order chi connectivity index (χ1) is 11.5. The third kappa shape index (κ3) is 3.67. The van der Waals surface area contributed by atoms with Crippen LogP contribution >= 0.6 is 0 Å². The first-order valence-corrected chi connectivity index (χ1v) is 9.91. The number of amides is 1. The van der Waals surface area contributed by atoms with E-state index in [1.165, 1.54) is 0 Å². The van der Waals surface area contributed by atoms with Gasteiger partial charge >= 0.3 is 0 Å². The smallest absolute Gasteiger partial charge is 0.229 e. The van der Waals surface area contributed by atoms with Gasteiger partial charge in [0, 0.05) is 6.07 Å². The second kappa shape index (κ2) is 6.76. The van der Waals surface area contributed by atoms with Crippen LogP contribution in [0.2, 0.25) is 0 Å². The Hall–Kier alpha value is -2.15. The molecule has 0 saturated carbocycles. The van der Waals surface area contributed by atoms with Crippen LogP contribution in [-0.4, -0.2) is 35.6 Å². The lowest BCUT2D eigenvalue weighted by molar-refractivity contribution is -0.115. The normalized spacial score (nSPS) is 19.3. The molecule has 24 heavy (non-hydrogen) atoms. The van der Waals surface area contributed by atoms with Crippen molar-refractivity contribution in [1.82, 2.24) is 9.78 Å². The molecule has 3 rings (SSSR count). The summed E-state index contributed by atoms with van der Waals surface area (Å²) >= 11 is 0. The molecule has 1 aliphatic heterocycles. The number of sulfone groups is 1. The van der Waals surface area contributed by atoms with Gasteiger partial charge in [-0.25, -0.2) is 13.1 Å². The Morgan fingerprint density at radius 2 is 2.04 bits per heavy atom. The molecule has 0 bridgehead atoms. The number of nitrogens with zero attached hydrogens (tertiary/aromatic N) is 2. The van der Waals surface area contributed by atoms with E-state index in [4.69, 9.17) is 0 Å². The Morgan fingerprint density at radius 3 is 2.71 bits per heavy atom. The lowest BCUT2D eigenvalue weighted by atomic mass is 10.0. The molecule has 7 heteroatoms. The van der Waals surface area contributed by atoms with Crippen molar-refractivity contribution in [1.29, 1.82) is 0 Å². The van der Waals surface area contributed by atoms with Crippen molar-refractivity contribution >= 4 is 21.6 Å². The highest BCUT2D eigenvalue weighted by molar-refractivity contribution is 7.91. The molecule has 1 aromatic carbocycles. The molecule has 1 fully saturated rings. The predicted octanol–water partition coefficient (Wildman–Crippen LogP) is 1.99. The van der Waals surface area contributed by atoms with Crippen LogP contribution in [0.25, 0.3) is 0 Å². The molecule has 6 nitrogen and oxygen atoms in total. The molecule has 0 radical (unpaired) electrons. The van der Waals surface area contributed by atoms with E-state index >= 15 is 0 Å². The zero-order valence-corrected chi connectivity index (χ0v) is 14.4. The van der Waals surface area contributed by atoms with Gasteiger partial charge in [-0.3, -0.25) is 4.79 Å². The number of aromatic nitrogens is 2. The third-order valence-electron chi connectivity index (χ3n) is 4.34. The van der Waals surface area contributed by atoms with Crippen LogP contribution in [0.3, 0.4) is 0 Å². The fraction of sp³-hybridized carbons (Fsp3) is 0.412. The van der Waals surface area contributed by atoms with Gasteiger partial charge in [0.15, 0.2) is 9.84 Å². The molecule has 1 atom stereocenters. The molecule has 1 N–H and O–H groups in total. The lowest BCUT2D eigenvalue weighted by Gasteiger charge is -2.14. The Balaban J connectivity index is 1.71. The summed E-state index contributed by atoms with van der Waals surface area (Å²) in [5.41, 5.74) is 2.16. The number of benzene rings is 1. The highest BCUT2D eigenvalue weighted by Gasteiger charge is 2.31. The van der Waals surface area contributed by atoms with E-state index in [-0.39, 0.29) is 29.9 Å². The highest BCUT2D eigenvalue weighted by Crippen LogP contribution is 2.26. The lowest BCUT2D eigenvalue weighted by Crippen LogP contribution is -2.21. The number of hydrogen-bond acceptors (Lipinski definition) is 4. The summed E-state index contributed by atoms with van der Waals surface area (Å²) < 4.78 is 24.9. The largest absolute Gasteiger partial charge is 0.311 e. The summed E-state index contributed by atoms with van der Waals surface area (Å²) in [6, 6.07) is 9.37. The molecular formula is C17H21N3O3S. The summed E-state index contributed by atoms with van der Waals surface area (Å²) in [6.07, 6.45) is 3.28. The van der Waals surface area contributed by atoms with Crippen molar-refractivity contribution in [3.05, 3.63) is 47.7 Å². The van der Waals surface area contributed by atoms with Crippen LogP contribution < -0.4 is 5.32 Å². The van der Waals surface area contributed by atoms with E-state index in [9.17, 15) is 13.2 Å². The van der Waals surface area contributed by atoms with Gasteiger partial charge in [-0.1, -0.05) is 31.2 Å². The van der Waals surface area contributed by atoms with Crippen LogP contribution in [0.1, 0.15) is 30.5 Å². The zero-order chi connectivity index (χ0) is 17.2. The van der Waals surface area contributed by atoms with Gasteiger partial charge in [0.2, 0.25) is 5.91 Å². The molecule has 1 saturated heterocycles. The van der Waals surface area contributed by atoms with Gasteiger partial charge in [-0.15, -0.1) is 0 Å². The fourth-order valence-electron chi connectivity index (χ4n) is 3.11. The van der Waals surface area contributed by atoms with Crippen LogP contribution in [0.4, 0.5) is 5.82 Å². The molecule has 128 valence electrons. The van der Waals surface area contributed by atoms with Crippen molar-refractivity contribution in [2.75, 3.05) is 16.8 Å². The number of hydrogen-bond donors (Lipinski definition) is 1. The standard InChI is InChI=1S/C17H21N3O3S/c1-2-13-5-3-4-6-14(13)11-17(21)19-16-7-9-18-20(16)15-8-10-24(22,23)12-15/h3-7,9,15H,2,8,10-12H2,1H3,(H,19,21)/t15-/m1/s1. The maximum atomic E-state index is 12.4. The van der Waals surface area contributed by atoms with Gasteiger partial charge in [0.05, 0.1) is 30.2 Å². The van der Waals surface area contributed by atoms with E-state index in [0.29, 0.717) is 12.2 Å². The minimum Gasteiger partial charge on any atom is -0.311 e. The monoisotopic (exact) mass is 347 g/mol. The summed E-state index contributed by atoms with van der Waals surface area (Å²) in [4.78, 5) is 12.4. The molecule has 2 aromatic rings. The van der Waals surface area contributed by atoms with Gasteiger partial charge in [-0.2, -0.15) is 5.10 Å². The first kappa shape index (κ1) is 16.7. The van der Waals surface area contributed by atoms with Gasteiger partial charge < -0.3 is 5.32 Å². The third-order valence-corrected chi connectivity index (χ3v) is 6.09. The SMILES string of the molecule is CCc1ccccc1CC(=O)Nc1ccnn1[C@@H]1CCS(=O)(=O)C1. The van der Waals surface area contributed by atoms with E-state index in [0.717, 1.165) is 17.5 Å². The number of anilines is 1. The van der Waals surface area contributed by atoms with Crippen LogP contribution in [-0.2, 0) is 27.5 Å². The van der Waals surface area contributed by atoms with E-state index in [2.05, 4.69) is 17.3 Å². The summed E-state index contributed by atoms with van der Waals surface area (Å²) in [5.74, 6) is 0.681. The summed E-state index contributed by atoms with van der Waals surface area (Å²) in [5, 5.41) is 7.06. The van der Waals surface area contributed by atoms with Crippen LogP contribution in [0, 0.1) is 0 Å². The average Bonchev–Trinajstić information content (AvgIpc) is 3.13. The predicted molar refractivity (Wildman–Crippen MR) is 92.7 cm³/mol. The average molecular weight is 347 g/mol. The highest BCUT2D eigenvalue weighted by atomic mass is 32.2. The number of carbonyl (C=O) groups excluding carboxylic acids is 1. The second-order valence-corrected chi connectivity index (χ2v) is 8.29.